The second-order valence-corrected chi connectivity index (χ2v) is 8.53. The maximum absolute atomic E-state index is 5.92. The molecule has 0 amide bonds. The van der Waals surface area contributed by atoms with Crippen molar-refractivity contribution >= 4 is 12.2 Å². The number of rotatable bonds is 14. The standard InChI is InChI=1S/C30H37NO3/c1-31(24-26-11-7-6-8-12-26)19-9-4-5-10-20-34-28-17-15-25(16-18-28)13-14-27-21-29(32-2)23-30(22-27)33-3/h6-8,11-18,21-23H,4-5,9-10,19-20,24H2,1-3H3/b14-13+. The maximum atomic E-state index is 5.92. The van der Waals surface area contributed by atoms with Crippen molar-refractivity contribution in [3.8, 4) is 17.2 Å². The number of nitrogens with zero attached hydrogens (tertiary/aromatic N) is 1. The molecule has 0 saturated carbocycles. The molecule has 3 aromatic carbocycles. The molecule has 3 rings (SSSR count). The van der Waals surface area contributed by atoms with Gasteiger partial charge in [0.15, 0.2) is 0 Å². The number of benzene rings is 3. The molecule has 0 aromatic heterocycles. The quantitative estimate of drug-likeness (QED) is 0.193. The van der Waals surface area contributed by atoms with Crippen molar-refractivity contribution in [3.05, 3.63) is 89.5 Å². The molecule has 4 heteroatoms. The SMILES string of the molecule is COc1cc(/C=C/c2ccc(OCCCCCCN(C)Cc3ccccc3)cc2)cc(OC)c1. The third kappa shape index (κ3) is 8.95. The Kier molecular flexibility index (Phi) is 10.5. The highest BCUT2D eigenvalue weighted by molar-refractivity contribution is 5.71. The molecule has 180 valence electrons. The first kappa shape index (κ1) is 25.4. The summed E-state index contributed by atoms with van der Waals surface area (Å²) in [6.07, 6.45) is 8.88. The Balaban J connectivity index is 1.32. The van der Waals surface area contributed by atoms with Crippen LogP contribution in [0, 0.1) is 0 Å². The van der Waals surface area contributed by atoms with Crippen LogP contribution in [0.3, 0.4) is 0 Å². The highest BCUT2D eigenvalue weighted by Gasteiger charge is 2.01. The van der Waals surface area contributed by atoms with Crippen LogP contribution in [0.5, 0.6) is 17.2 Å². The predicted molar refractivity (Wildman–Crippen MR) is 142 cm³/mol. The van der Waals surface area contributed by atoms with Crippen molar-refractivity contribution in [1.29, 1.82) is 0 Å². The lowest BCUT2D eigenvalue weighted by Gasteiger charge is -2.16. The second kappa shape index (κ2) is 14.1. The van der Waals surface area contributed by atoms with Crippen LogP contribution in [0.4, 0.5) is 0 Å². The van der Waals surface area contributed by atoms with E-state index in [2.05, 4.69) is 66.6 Å². The van der Waals surface area contributed by atoms with Gasteiger partial charge in [-0.2, -0.15) is 0 Å². The minimum atomic E-state index is 0.763. The van der Waals surface area contributed by atoms with E-state index in [4.69, 9.17) is 14.2 Å². The third-order valence-corrected chi connectivity index (χ3v) is 5.72. The molecule has 0 spiro atoms. The lowest BCUT2D eigenvalue weighted by molar-refractivity contribution is 0.294. The normalized spacial score (nSPS) is 11.2. The molecule has 0 aliphatic heterocycles. The largest absolute Gasteiger partial charge is 0.497 e. The molecule has 0 heterocycles. The molecule has 34 heavy (non-hydrogen) atoms. The molecular weight excluding hydrogens is 422 g/mol. The molecule has 0 bridgehead atoms. The van der Waals surface area contributed by atoms with Gasteiger partial charge in [0.2, 0.25) is 0 Å². The smallest absolute Gasteiger partial charge is 0.123 e. The topological polar surface area (TPSA) is 30.9 Å². The van der Waals surface area contributed by atoms with Gasteiger partial charge in [-0.15, -0.1) is 0 Å². The Hall–Kier alpha value is -3.24. The summed E-state index contributed by atoms with van der Waals surface area (Å²) in [6, 6.07) is 24.7. The van der Waals surface area contributed by atoms with Crippen molar-refractivity contribution in [2.75, 3.05) is 34.4 Å². The fraction of sp³-hybridized carbons (Fsp3) is 0.333. The van der Waals surface area contributed by atoms with E-state index in [1.165, 1.54) is 24.8 Å². The van der Waals surface area contributed by atoms with Crippen molar-refractivity contribution in [2.45, 2.75) is 32.2 Å². The van der Waals surface area contributed by atoms with E-state index < -0.39 is 0 Å². The Morgan fingerprint density at radius 3 is 2.00 bits per heavy atom. The van der Waals surface area contributed by atoms with Gasteiger partial charge in [-0.05, 0) is 67.4 Å². The fourth-order valence-electron chi connectivity index (χ4n) is 3.79. The van der Waals surface area contributed by atoms with Gasteiger partial charge < -0.3 is 19.1 Å². The van der Waals surface area contributed by atoms with E-state index in [0.717, 1.165) is 54.5 Å². The number of hydrogen-bond acceptors (Lipinski definition) is 4. The lowest BCUT2D eigenvalue weighted by atomic mass is 10.1. The van der Waals surface area contributed by atoms with E-state index >= 15 is 0 Å². The highest BCUT2D eigenvalue weighted by Crippen LogP contribution is 2.24. The number of unbranched alkanes of at least 4 members (excludes halogenated alkanes) is 3. The first-order valence-electron chi connectivity index (χ1n) is 12.0. The minimum absolute atomic E-state index is 0.763. The van der Waals surface area contributed by atoms with Crippen LogP contribution in [0.2, 0.25) is 0 Å². The van der Waals surface area contributed by atoms with Crippen LogP contribution in [0.15, 0.2) is 72.8 Å². The summed E-state index contributed by atoms with van der Waals surface area (Å²) in [5.74, 6) is 2.48. The second-order valence-electron chi connectivity index (χ2n) is 8.53. The summed E-state index contributed by atoms with van der Waals surface area (Å²) in [5.41, 5.74) is 3.52. The van der Waals surface area contributed by atoms with E-state index in [1.807, 2.05) is 30.3 Å². The van der Waals surface area contributed by atoms with Gasteiger partial charge in [0, 0.05) is 12.6 Å². The molecule has 3 aromatic rings. The van der Waals surface area contributed by atoms with Crippen LogP contribution in [-0.4, -0.2) is 39.3 Å². The van der Waals surface area contributed by atoms with Crippen LogP contribution >= 0.6 is 0 Å². The van der Waals surface area contributed by atoms with Crippen molar-refractivity contribution < 1.29 is 14.2 Å². The summed E-state index contributed by atoms with van der Waals surface area (Å²) in [5, 5.41) is 0. The van der Waals surface area contributed by atoms with Gasteiger partial charge in [-0.1, -0.05) is 67.5 Å². The molecule has 0 atom stereocenters. The molecule has 0 radical (unpaired) electrons. The molecule has 0 fully saturated rings. The van der Waals surface area contributed by atoms with E-state index in [9.17, 15) is 0 Å². The predicted octanol–water partition coefficient (Wildman–Crippen LogP) is 6.95. The average Bonchev–Trinajstić information content (AvgIpc) is 2.88. The third-order valence-electron chi connectivity index (χ3n) is 5.72. The van der Waals surface area contributed by atoms with Gasteiger partial charge in [0.05, 0.1) is 20.8 Å². The zero-order chi connectivity index (χ0) is 24.0. The maximum Gasteiger partial charge on any atom is 0.123 e. The van der Waals surface area contributed by atoms with Crippen molar-refractivity contribution in [3.63, 3.8) is 0 Å². The van der Waals surface area contributed by atoms with Crippen LogP contribution in [-0.2, 0) is 6.54 Å². The van der Waals surface area contributed by atoms with Gasteiger partial charge >= 0.3 is 0 Å². The minimum Gasteiger partial charge on any atom is -0.497 e. The van der Waals surface area contributed by atoms with E-state index in [1.54, 1.807) is 14.2 Å². The first-order valence-corrected chi connectivity index (χ1v) is 12.0. The lowest BCUT2D eigenvalue weighted by Crippen LogP contribution is -2.19. The van der Waals surface area contributed by atoms with Gasteiger partial charge in [-0.25, -0.2) is 0 Å². The van der Waals surface area contributed by atoms with Gasteiger partial charge in [0.1, 0.15) is 17.2 Å². The Morgan fingerprint density at radius 1 is 0.676 bits per heavy atom. The fourth-order valence-corrected chi connectivity index (χ4v) is 3.79. The number of methoxy groups -OCH3 is 2. The summed E-state index contributed by atoms with van der Waals surface area (Å²) >= 11 is 0. The summed E-state index contributed by atoms with van der Waals surface area (Å²) < 4.78 is 16.6. The van der Waals surface area contributed by atoms with E-state index in [0.29, 0.717) is 0 Å². The van der Waals surface area contributed by atoms with E-state index in [-0.39, 0.29) is 0 Å². The zero-order valence-corrected chi connectivity index (χ0v) is 20.7. The highest BCUT2D eigenvalue weighted by atomic mass is 16.5. The average molecular weight is 460 g/mol. The Labute approximate surface area is 204 Å². The van der Waals surface area contributed by atoms with Gasteiger partial charge in [-0.3, -0.25) is 0 Å². The van der Waals surface area contributed by atoms with Crippen LogP contribution < -0.4 is 14.2 Å². The molecule has 0 aliphatic rings. The number of hydrogen-bond donors (Lipinski definition) is 0. The molecular formula is C30H37NO3. The Bertz CT molecular complexity index is 977. The van der Waals surface area contributed by atoms with Gasteiger partial charge in [0.25, 0.3) is 0 Å². The molecule has 0 aliphatic carbocycles. The summed E-state index contributed by atoms with van der Waals surface area (Å²) in [4.78, 5) is 2.40. The van der Waals surface area contributed by atoms with Crippen molar-refractivity contribution in [1.82, 2.24) is 4.90 Å². The molecule has 0 saturated heterocycles. The number of ether oxygens (including phenoxy) is 3. The first-order chi connectivity index (χ1) is 16.7. The van der Waals surface area contributed by atoms with Crippen LogP contribution in [0.25, 0.3) is 12.2 Å². The zero-order valence-electron chi connectivity index (χ0n) is 20.7. The van der Waals surface area contributed by atoms with Crippen LogP contribution in [0.1, 0.15) is 42.4 Å². The molecule has 4 nitrogen and oxygen atoms in total. The molecule has 0 unspecified atom stereocenters. The summed E-state index contributed by atoms with van der Waals surface area (Å²) in [6.45, 7) is 2.91. The summed E-state index contributed by atoms with van der Waals surface area (Å²) in [7, 11) is 5.52. The Morgan fingerprint density at radius 2 is 1.32 bits per heavy atom. The monoisotopic (exact) mass is 459 g/mol. The van der Waals surface area contributed by atoms with Crippen molar-refractivity contribution in [2.24, 2.45) is 0 Å². The molecule has 0 N–H and O–H groups in total.